The first-order valence-corrected chi connectivity index (χ1v) is 7.91. The molecule has 1 N–H and O–H groups in total. The number of fused-ring (bicyclic) bond motifs is 2. The van der Waals surface area contributed by atoms with Gasteiger partial charge in [-0.05, 0) is 36.2 Å². The van der Waals surface area contributed by atoms with Crippen LogP contribution in [0.4, 0.5) is 5.69 Å². The maximum atomic E-state index is 12.5. The number of hydrogen-bond acceptors (Lipinski definition) is 3. The van der Waals surface area contributed by atoms with Gasteiger partial charge in [0.1, 0.15) is 0 Å². The zero-order valence-corrected chi connectivity index (χ0v) is 13.2. The van der Waals surface area contributed by atoms with Gasteiger partial charge >= 0.3 is 0 Å². The Hall–Kier alpha value is -2.62. The van der Waals surface area contributed by atoms with Crippen LogP contribution in [-0.2, 0) is 6.54 Å². The lowest BCUT2D eigenvalue weighted by Crippen LogP contribution is -2.29. The summed E-state index contributed by atoms with van der Waals surface area (Å²) in [6, 6.07) is 13.6. The van der Waals surface area contributed by atoms with Gasteiger partial charge in [-0.1, -0.05) is 31.2 Å². The first kappa shape index (κ1) is 14.0. The van der Waals surface area contributed by atoms with Crippen LogP contribution in [0.15, 0.2) is 42.5 Å². The van der Waals surface area contributed by atoms with E-state index in [9.17, 15) is 9.59 Å². The predicted octanol–water partition coefficient (Wildman–Crippen LogP) is 3.40. The molecule has 2 aliphatic heterocycles. The minimum atomic E-state index is -0.203. The molecule has 0 spiro atoms. The first-order chi connectivity index (χ1) is 11.1. The zero-order valence-electron chi connectivity index (χ0n) is 13.2. The lowest BCUT2D eigenvalue weighted by atomic mass is 9.96. The van der Waals surface area contributed by atoms with Gasteiger partial charge in [-0.2, -0.15) is 0 Å². The Morgan fingerprint density at radius 1 is 1.00 bits per heavy atom. The molecule has 2 atom stereocenters. The van der Waals surface area contributed by atoms with Crippen molar-refractivity contribution in [3.8, 4) is 0 Å². The van der Waals surface area contributed by atoms with Gasteiger partial charge in [-0.15, -0.1) is 0 Å². The third-order valence-electron chi connectivity index (χ3n) is 4.96. The highest BCUT2D eigenvalue weighted by atomic mass is 16.2. The number of nitrogens with one attached hydrogen (secondary N) is 1. The number of imide groups is 1. The molecule has 0 saturated carbocycles. The van der Waals surface area contributed by atoms with Gasteiger partial charge in [0.25, 0.3) is 11.8 Å². The van der Waals surface area contributed by atoms with E-state index in [0.717, 1.165) is 11.3 Å². The topological polar surface area (TPSA) is 49.4 Å². The molecule has 0 saturated heterocycles. The highest BCUT2D eigenvalue weighted by Gasteiger charge is 2.35. The van der Waals surface area contributed by atoms with Gasteiger partial charge in [0.05, 0.1) is 17.7 Å². The predicted molar refractivity (Wildman–Crippen MR) is 88.6 cm³/mol. The van der Waals surface area contributed by atoms with Crippen molar-refractivity contribution in [2.24, 2.45) is 0 Å². The van der Waals surface area contributed by atoms with Crippen molar-refractivity contribution in [1.29, 1.82) is 0 Å². The number of carbonyl (C=O) groups is 2. The van der Waals surface area contributed by atoms with E-state index >= 15 is 0 Å². The average molecular weight is 306 g/mol. The maximum absolute atomic E-state index is 12.5. The van der Waals surface area contributed by atoms with Crippen molar-refractivity contribution in [1.82, 2.24) is 4.90 Å². The van der Waals surface area contributed by atoms with Gasteiger partial charge in [-0.25, -0.2) is 0 Å². The van der Waals surface area contributed by atoms with E-state index in [-0.39, 0.29) is 11.8 Å². The van der Waals surface area contributed by atoms with Gasteiger partial charge in [0.2, 0.25) is 0 Å². The Balaban J connectivity index is 1.63. The molecular formula is C19H18N2O2. The van der Waals surface area contributed by atoms with Crippen LogP contribution in [0.3, 0.4) is 0 Å². The quantitative estimate of drug-likeness (QED) is 0.865. The van der Waals surface area contributed by atoms with Crippen LogP contribution in [0, 0.1) is 0 Å². The molecule has 116 valence electrons. The second kappa shape index (κ2) is 4.95. The summed E-state index contributed by atoms with van der Waals surface area (Å²) in [6.07, 6.45) is 0. The summed E-state index contributed by atoms with van der Waals surface area (Å²) in [7, 11) is 0. The van der Waals surface area contributed by atoms with Crippen LogP contribution < -0.4 is 5.32 Å². The number of carbonyl (C=O) groups excluding carboxylic acids is 2. The standard InChI is InChI=1S/C19H18N2O2/c1-11-12(2)20-17-8-7-13(9-16(11)17)10-21-18(22)14-5-3-4-6-15(14)19(21)23/h3-9,11-12,20H,10H2,1-2H3. The number of amides is 2. The fraction of sp³-hybridized carbons (Fsp3) is 0.263. The van der Waals surface area contributed by atoms with Gasteiger partial charge in [-0.3, -0.25) is 14.5 Å². The Kier molecular flexibility index (Phi) is 3.01. The number of hydrogen-bond donors (Lipinski definition) is 1. The smallest absolute Gasteiger partial charge is 0.261 e. The normalized spacial score (nSPS) is 22.1. The van der Waals surface area contributed by atoms with Gasteiger partial charge < -0.3 is 5.32 Å². The molecule has 0 aliphatic carbocycles. The summed E-state index contributed by atoms with van der Waals surface area (Å²) < 4.78 is 0. The van der Waals surface area contributed by atoms with Crippen molar-refractivity contribution in [3.05, 3.63) is 64.7 Å². The maximum Gasteiger partial charge on any atom is 0.261 e. The van der Waals surface area contributed by atoms with E-state index in [2.05, 4.69) is 25.2 Å². The molecule has 0 radical (unpaired) electrons. The Morgan fingerprint density at radius 3 is 2.30 bits per heavy atom. The van der Waals surface area contributed by atoms with E-state index < -0.39 is 0 Å². The summed E-state index contributed by atoms with van der Waals surface area (Å²) in [5.41, 5.74) is 4.40. The van der Waals surface area contributed by atoms with Crippen LogP contribution >= 0.6 is 0 Å². The molecule has 2 heterocycles. The van der Waals surface area contributed by atoms with E-state index in [1.54, 1.807) is 24.3 Å². The second-order valence-electron chi connectivity index (χ2n) is 6.39. The summed E-state index contributed by atoms with van der Waals surface area (Å²) in [5.74, 6) is 0.0170. The number of nitrogens with zero attached hydrogens (tertiary/aromatic N) is 1. The lowest BCUT2D eigenvalue weighted by molar-refractivity contribution is 0.0642. The third-order valence-corrected chi connectivity index (χ3v) is 4.96. The molecule has 2 aliphatic rings. The van der Waals surface area contributed by atoms with E-state index in [1.165, 1.54) is 10.5 Å². The second-order valence-corrected chi connectivity index (χ2v) is 6.39. The van der Waals surface area contributed by atoms with Crippen molar-refractivity contribution in [2.45, 2.75) is 32.4 Å². The third kappa shape index (κ3) is 2.05. The van der Waals surface area contributed by atoms with Crippen LogP contribution in [0.2, 0.25) is 0 Å². The number of rotatable bonds is 2. The Bertz CT molecular complexity index is 793. The van der Waals surface area contributed by atoms with Crippen LogP contribution in [-0.4, -0.2) is 22.8 Å². The summed E-state index contributed by atoms with van der Waals surface area (Å²) in [5, 5.41) is 3.45. The molecule has 23 heavy (non-hydrogen) atoms. The van der Waals surface area contributed by atoms with E-state index in [1.807, 2.05) is 12.1 Å². The molecule has 2 unspecified atom stereocenters. The van der Waals surface area contributed by atoms with Crippen molar-refractivity contribution >= 4 is 17.5 Å². The lowest BCUT2D eigenvalue weighted by Gasteiger charge is -2.15. The van der Waals surface area contributed by atoms with Crippen LogP contribution in [0.1, 0.15) is 51.6 Å². The molecule has 4 heteroatoms. The highest BCUT2D eigenvalue weighted by Crippen LogP contribution is 2.36. The van der Waals surface area contributed by atoms with Crippen molar-refractivity contribution in [2.75, 3.05) is 5.32 Å². The molecule has 2 aromatic rings. The molecule has 4 nitrogen and oxygen atoms in total. The molecule has 0 aromatic heterocycles. The van der Waals surface area contributed by atoms with Crippen molar-refractivity contribution in [3.63, 3.8) is 0 Å². The Morgan fingerprint density at radius 2 is 1.65 bits per heavy atom. The molecular weight excluding hydrogens is 288 g/mol. The first-order valence-electron chi connectivity index (χ1n) is 7.91. The average Bonchev–Trinajstić information content (AvgIpc) is 2.98. The monoisotopic (exact) mass is 306 g/mol. The van der Waals surface area contributed by atoms with E-state index in [4.69, 9.17) is 0 Å². The number of benzene rings is 2. The fourth-order valence-electron chi connectivity index (χ4n) is 3.42. The van der Waals surface area contributed by atoms with Crippen molar-refractivity contribution < 1.29 is 9.59 Å². The molecule has 2 aromatic carbocycles. The minimum Gasteiger partial charge on any atom is -0.382 e. The van der Waals surface area contributed by atoms with Crippen LogP contribution in [0.25, 0.3) is 0 Å². The minimum absolute atomic E-state index is 0.203. The highest BCUT2D eigenvalue weighted by molar-refractivity contribution is 6.21. The molecule has 0 bridgehead atoms. The number of anilines is 1. The summed E-state index contributed by atoms with van der Waals surface area (Å²) in [6.45, 7) is 4.67. The molecule has 0 fully saturated rings. The summed E-state index contributed by atoms with van der Waals surface area (Å²) >= 11 is 0. The van der Waals surface area contributed by atoms with E-state index in [0.29, 0.717) is 29.6 Å². The van der Waals surface area contributed by atoms with Gasteiger partial charge in [0.15, 0.2) is 0 Å². The zero-order chi connectivity index (χ0) is 16.1. The molecule has 2 amide bonds. The largest absolute Gasteiger partial charge is 0.382 e. The SMILES string of the molecule is CC1Nc2ccc(CN3C(=O)c4ccccc4C3=O)cc2C1C. The van der Waals surface area contributed by atoms with Crippen LogP contribution in [0.5, 0.6) is 0 Å². The molecule has 4 rings (SSSR count). The Labute approximate surface area is 135 Å². The summed E-state index contributed by atoms with van der Waals surface area (Å²) in [4.78, 5) is 26.2. The fourth-order valence-corrected chi connectivity index (χ4v) is 3.42. The van der Waals surface area contributed by atoms with Gasteiger partial charge in [0, 0.05) is 17.6 Å².